The number of aliphatic hydroxyl groups is 1. The Morgan fingerprint density at radius 3 is 1.93 bits per heavy atom. The number of allylic oxidation sites excluding steroid dienone is 2. The predicted molar refractivity (Wildman–Crippen MR) is 170 cm³/mol. The van der Waals surface area contributed by atoms with Crippen LogP contribution in [0.15, 0.2) is 11.6 Å². The Morgan fingerprint density at radius 2 is 1.39 bits per heavy atom. The predicted octanol–water partition coefficient (Wildman–Crippen LogP) is 9.36. The van der Waals surface area contributed by atoms with E-state index in [1.54, 1.807) is 0 Å². The number of ketones is 2. The zero-order chi connectivity index (χ0) is 31.8. The minimum atomic E-state index is -0.595. The third-order valence-electron chi connectivity index (χ3n) is 13.0. The Morgan fingerprint density at radius 1 is 0.829 bits per heavy atom. The molecular formula is C37H63NO3. The zero-order valence-corrected chi connectivity index (χ0v) is 29.0. The first kappa shape index (κ1) is 35.7. The molecule has 6 unspecified atom stereocenters. The van der Waals surface area contributed by atoms with E-state index in [9.17, 15) is 20.0 Å². The summed E-state index contributed by atoms with van der Waals surface area (Å²) >= 11 is 0. The van der Waals surface area contributed by atoms with Gasteiger partial charge in [0.25, 0.3) is 0 Å². The quantitative estimate of drug-likeness (QED) is 0.341. The molecule has 5 aliphatic carbocycles. The zero-order valence-electron chi connectivity index (χ0n) is 29.0. The van der Waals surface area contributed by atoms with Gasteiger partial charge in [-0.3, -0.25) is 9.59 Å². The second-order valence-corrected chi connectivity index (χ2v) is 15.2. The highest BCUT2D eigenvalue weighted by molar-refractivity contribution is 6.04. The molecule has 5 rings (SSSR count). The summed E-state index contributed by atoms with van der Waals surface area (Å²) in [6.45, 7) is 28.0. The van der Waals surface area contributed by atoms with Crippen LogP contribution in [0.1, 0.15) is 141 Å². The lowest BCUT2D eigenvalue weighted by Crippen LogP contribution is -2.68. The third kappa shape index (κ3) is 5.09. The van der Waals surface area contributed by atoms with E-state index >= 15 is 0 Å². The van der Waals surface area contributed by atoms with Gasteiger partial charge in [-0.25, -0.2) is 0 Å². The maximum absolute atomic E-state index is 14.3. The monoisotopic (exact) mass is 569 g/mol. The number of hydrogen-bond acceptors (Lipinski definition) is 4. The number of carbonyl (C=O) groups is 2. The van der Waals surface area contributed by atoms with Crippen LogP contribution in [0.2, 0.25) is 0 Å². The van der Waals surface area contributed by atoms with Crippen molar-refractivity contribution in [3.05, 3.63) is 11.6 Å². The first-order valence-corrected chi connectivity index (χ1v) is 16.9. The fourth-order valence-corrected chi connectivity index (χ4v) is 10.7. The highest BCUT2D eigenvalue weighted by Gasteiger charge is 2.72. The number of hydrogen-bond donors (Lipinski definition) is 1. The van der Waals surface area contributed by atoms with Gasteiger partial charge in [-0.15, -0.1) is 0 Å². The normalized spacial score (nSPS) is 43.2. The van der Waals surface area contributed by atoms with E-state index in [1.165, 1.54) is 0 Å². The maximum atomic E-state index is 14.3. The van der Waals surface area contributed by atoms with Gasteiger partial charge in [0.15, 0.2) is 5.78 Å². The molecule has 0 aliphatic heterocycles. The number of fused-ring (bicyclic) bond motifs is 7. The Balaban J connectivity index is 0.000000921. The van der Waals surface area contributed by atoms with Crippen molar-refractivity contribution in [3.8, 4) is 6.07 Å². The molecule has 5 aliphatic rings. The molecule has 0 heterocycles. The number of carbonyl (C=O) groups excluding carboxylic acids is 2. The van der Waals surface area contributed by atoms with Crippen molar-refractivity contribution in [1.82, 2.24) is 0 Å². The lowest BCUT2D eigenvalue weighted by molar-refractivity contribution is -0.226. The topological polar surface area (TPSA) is 78.2 Å². The van der Waals surface area contributed by atoms with Crippen molar-refractivity contribution in [2.75, 3.05) is 6.61 Å². The highest BCUT2D eigenvalue weighted by Crippen LogP contribution is 2.75. The van der Waals surface area contributed by atoms with E-state index in [1.807, 2.05) is 61.5 Å². The Labute approximate surface area is 253 Å². The number of nitriles is 1. The molecule has 0 spiro atoms. The van der Waals surface area contributed by atoms with Crippen molar-refractivity contribution in [2.24, 2.45) is 56.2 Å². The van der Waals surface area contributed by atoms with Crippen molar-refractivity contribution in [3.63, 3.8) is 0 Å². The number of aliphatic hydroxyl groups excluding tert-OH is 1. The maximum Gasteiger partial charge on any atom is 0.178 e. The number of rotatable bonds is 1. The molecule has 0 aromatic heterocycles. The highest BCUT2D eigenvalue weighted by atomic mass is 16.3. The molecule has 0 saturated heterocycles. The molecule has 0 amide bonds. The van der Waals surface area contributed by atoms with Crippen LogP contribution in [-0.2, 0) is 9.59 Å². The standard InChI is InChI=1S/C31H45NO3.3C2H6/c1-26(2)10-12-31(18-33)13-11-30(7)24(20(31)16-26)21(34)14-23-28(5)15-19(17-32)25(35)27(3,4)22(28)8-9-29(23,30)6;3*1-2/h15,20,22-24,33H,8-14,16,18H2,1-7H3;3*1-2H3/t20?,22-,23?,24?,28?,29?,30+,31?;;;/m0.../s1. The number of Topliss-reactive ketones (excluding diaryl/α,β-unsaturated/α-hetero) is 2. The minimum absolute atomic E-state index is 0.0120. The molecule has 4 nitrogen and oxygen atoms in total. The van der Waals surface area contributed by atoms with Gasteiger partial charge in [0.2, 0.25) is 0 Å². The smallest absolute Gasteiger partial charge is 0.178 e. The van der Waals surface area contributed by atoms with Gasteiger partial charge in [-0.2, -0.15) is 5.26 Å². The first-order valence-electron chi connectivity index (χ1n) is 16.9. The largest absolute Gasteiger partial charge is 0.396 e. The molecule has 41 heavy (non-hydrogen) atoms. The summed E-state index contributed by atoms with van der Waals surface area (Å²) in [6, 6.07) is 2.21. The van der Waals surface area contributed by atoms with Crippen LogP contribution in [0.4, 0.5) is 0 Å². The second kappa shape index (κ2) is 12.3. The van der Waals surface area contributed by atoms with Gasteiger partial charge in [-0.05, 0) is 89.8 Å². The van der Waals surface area contributed by atoms with Crippen molar-refractivity contribution in [1.29, 1.82) is 5.26 Å². The molecule has 0 aromatic carbocycles. The van der Waals surface area contributed by atoms with Crippen molar-refractivity contribution in [2.45, 2.75) is 141 Å². The Bertz CT molecular complexity index is 1050. The van der Waals surface area contributed by atoms with Crippen LogP contribution >= 0.6 is 0 Å². The summed E-state index contributed by atoms with van der Waals surface area (Å²) in [4.78, 5) is 27.5. The molecule has 0 radical (unpaired) electrons. The molecule has 4 heteroatoms. The molecule has 0 bridgehead atoms. The van der Waals surface area contributed by atoms with Crippen LogP contribution in [0.3, 0.4) is 0 Å². The molecule has 234 valence electrons. The molecule has 1 N–H and O–H groups in total. The van der Waals surface area contributed by atoms with Gasteiger partial charge < -0.3 is 5.11 Å². The third-order valence-corrected chi connectivity index (χ3v) is 13.0. The van der Waals surface area contributed by atoms with E-state index in [0.29, 0.717) is 12.2 Å². The average Bonchev–Trinajstić information content (AvgIpc) is 2.95. The van der Waals surface area contributed by atoms with Crippen LogP contribution in [0, 0.1) is 67.5 Å². The van der Waals surface area contributed by atoms with Gasteiger partial charge >= 0.3 is 0 Å². The summed E-state index contributed by atoms with van der Waals surface area (Å²) in [5, 5.41) is 20.5. The average molecular weight is 570 g/mol. The van der Waals surface area contributed by atoms with E-state index in [2.05, 4.69) is 40.7 Å². The van der Waals surface area contributed by atoms with Crippen molar-refractivity contribution < 1.29 is 14.7 Å². The van der Waals surface area contributed by atoms with Gasteiger partial charge in [0.05, 0.1) is 5.57 Å². The van der Waals surface area contributed by atoms with Crippen LogP contribution in [-0.4, -0.2) is 23.3 Å². The van der Waals surface area contributed by atoms with Gasteiger partial charge in [0.1, 0.15) is 11.9 Å². The summed E-state index contributed by atoms with van der Waals surface area (Å²) in [7, 11) is 0. The first-order chi connectivity index (χ1) is 19.1. The lowest BCUT2D eigenvalue weighted by Gasteiger charge is -2.72. The minimum Gasteiger partial charge on any atom is -0.396 e. The fourth-order valence-electron chi connectivity index (χ4n) is 10.7. The Hall–Kier alpha value is -1.47. The van der Waals surface area contributed by atoms with E-state index in [0.717, 1.165) is 44.9 Å². The van der Waals surface area contributed by atoms with E-state index in [-0.39, 0.29) is 68.7 Å². The molecule has 0 aromatic rings. The summed E-state index contributed by atoms with van der Waals surface area (Å²) in [5.41, 5.74) is -0.764. The second-order valence-electron chi connectivity index (χ2n) is 15.2. The van der Waals surface area contributed by atoms with Gasteiger partial charge in [-0.1, -0.05) is 96.1 Å². The molecule has 8 atom stereocenters. The molecule has 4 fully saturated rings. The van der Waals surface area contributed by atoms with Gasteiger partial charge in [0, 0.05) is 24.4 Å². The van der Waals surface area contributed by atoms with Crippen LogP contribution < -0.4 is 0 Å². The number of nitrogens with zero attached hydrogens (tertiary/aromatic N) is 1. The van der Waals surface area contributed by atoms with Crippen LogP contribution in [0.5, 0.6) is 0 Å². The van der Waals surface area contributed by atoms with E-state index in [4.69, 9.17) is 0 Å². The van der Waals surface area contributed by atoms with Crippen LogP contribution in [0.25, 0.3) is 0 Å². The summed E-state index contributed by atoms with van der Waals surface area (Å²) in [5.74, 6) is 0.823. The summed E-state index contributed by atoms with van der Waals surface area (Å²) < 4.78 is 0. The van der Waals surface area contributed by atoms with E-state index < -0.39 is 5.41 Å². The fraction of sp³-hybridized carbons (Fsp3) is 0.865. The Kier molecular flexibility index (Phi) is 10.7. The SMILES string of the molecule is CC.CC.CC.CC1(C)CCC2(CO)CC[C@]3(C)C(C(=O)CC4C5(C)C=C(C#N)C(=O)C(C)(C)[C@@H]5CCC43C)C2C1. The summed E-state index contributed by atoms with van der Waals surface area (Å²) in [6.07, 6.45) is 9.61. The molecular weight excluding hydrogens is 506 g/mol. The van der Waals surface area contributed by atoms with Crippen molar-refractivity contribution >= 4 is 11.6 Å². The lowest BCUT2D eigenvalue weighted by atomic mass is 9.31. The molecule has 4 saturated carbocycles.